The second kappa shape index (κ2) is 10.2. The monoisotopic (exact) mass is 427 g/mol. The Labute approximate surface area is 187 Å². The molecule has 4 nitrogen and oxygen atoms in total. The van der Waals surface area contributed by atoms with Crippen molar-refractivity contribution in [2.75, 3.05) is 5.32 Å². The average Bonchev–Trinajstić information content (AvgIpc) is 3.30. The molecule has 1 aromatic heterocycles. The molecule has 3 aromatic carbocycles. The van der Waals surface area contributed by atoms with E-state index < -0.39 is 6.04 Å². The molecule has 0 saturated carbocycles. The van der Waals surface area contributed by atoms with Gasteiger partial charge in [-0.05, 0) is 29.7 Å². The van der Waals surface area contributed by atoms with Gasteiger partial charge in [0.1, 0.15) is 11.0 Å². The van der Waals surface area contributed by atoms with Crippen molar-refractivity contribution in [1.29, 1.82) is 0 Å². The third-order valence-corrected chi connectivity index (χ3v) is 6.02. The van der Waals surface area contributed by atoms with E-state index in [4.69, 9.17) is 4.98 Å². The molecule has 4 aromatic rings. The van der Waals surface area contributed by atoms with Crippen LogP contribution in [-0.2, 0) is 17.8 Å². The maximum Gasteiger partial charge on any atom is 0.246 e. The first-order chi connectivity index (χ1) is 15.2. The van der Waals surface area contributed by atoms with Crippen LogP contribution in [0.2, 0.25) is 0 Å². The van der Waals surface area contributed by atoms with Gasteiger partial charge in [-0.1, -0.05) is 79.7 Å². The second-order valence-electron chi connectivity index (χ2n) is 7.27. The van der Waals surface area contributed by atoms with Crippen molar-refractivity contribution in [2.45, 2.75) is 25.9 Å². The molecule has 1 atom stereocenters. The molecule has 0 fully saturated rings. The van der Waals surface area contributed by atoms with Gasteiger partial charge in [0.05, 0.1) is 5.69 Å². The summed E-state index contributed by atoms with van der Waals surface area (Å²) < 4.78 is 0. The highest BCUT2D eigenvalue weighted by Crippen LogP contribution is 2.25. The number of para-hydroxylation sites is 1. The highest BCUT2D eigenvalue weighted by atomic mass is 32.1. The van der Waals surface area contributed by atoms with Crippen LogP contribution in [0.3, 0.4) is 0 Å². The summed E-state index contributed by atoms with van der Waals surface area (Å²) in [4.78, 5) is 17.8. The Morgan fingerprint density at radius 1 is 0.935 bits per heavy atom. The first-order valence-electron chi connectivity index (χ1n) is 10.4. The SMILES string of the molecule is CCc1ccc(-c2nc(CNC(C(=O)Nc3ccccc3)c3ccccc3)cs2)cc1. The van der Waals surface area contributed by atoms with Crippen molar-refractivity contribution in [3.63, 3.8) is 0 Å². The summed E-state index contributed by atoms with van der Waals surface area (Å²) in [6.45, 7) is 2.66. The number of thiazole rings is 1. The maximum atomic E-state index is 13.0. The van der Waals surface area contributed by atoms with E-state index in [9.17, 15) is 4.79 Å². The van der Waals surface area contributed by atoms with E-state index in [1.807, 2.05) is 66.0 Å². The van der Waals surface area contributed by atoms with E-state index in [1.54, 1.807) is 11.3 Å². The molecule has 0 spiro atoms. The second-order valence-corrected chi connectivity index (χ2v) is 8.13. The summed E-state index contributed by atoms with van der Waals surface area (Å²) >= 11 is 1.62. The number of hydrogen-bond acceptors (Lipinski definition) is 4. The Kier molecular flexibility index (Phi) is 6.87. The van der Waals surface area contributed by atoms with Crippen molar-refractivity contribution in [1.82, 2.24) is 10.3 Å². The van der Waals surface area contributed by atoms with Crippen LogP contribution < -0.4 is 10.6 Å². The van der Waals surface area contributed by atoms with Crippen LogP contribution in [0.1, 0.15) is 29.8 Å². The molecule has 156 valence electrons. The quantitative estimate of drug-likeness (QED) is 0.371. The van der Waals surface area contributed by atoms with E-state index >= 15 is 0 Å². The lowest BCUT2D eigenvalue weighted by molar-refractivity contribution is -0.118. The number of rotatable bonds is 8. The first kappa shape index (κ1) is 21.0. The minimum Gasteiger partial charge on any atom is -0.324 e. The van der Waals surface area contributed by atoms with Gasteiger partial charge < -0.3 is 5.32 Å². The van der Waals surface area contributed by atoms with Gasteiger partial charge in [-0.25, -0.2) is 4.98 Å². The predicted molar refractivity (Wildman–Crippen MR) is 128 cm³/mol. The smallest absolute Gasteiger partial charge is 0.246 e. The van der Waals surface area contributed by atoms with Crippen LogP contribution in [0, 0.1) is 0 Å². The summed E-state index contributed by atoms with van der Waals surface area (Å²) in [6.07, 6.45) is 1.03. The molecule has 2 N–H and O–H groups in total. The third-order valence-electron chi connectivity index (χ3n) is 5.08. The molecular formula is C26H25N3OS. The lowest BCUT2D eigenvalue weighted by atomic mass is 10.1. The van der Waals surface area contributed by atoms with Gasteiger partial charge in [0.2, 0.25) is 5.91 Å². The molecule has 4 rings (SSSR count). The average molecular weight is 428 g/mol. The summed E-state index contributed by atoms with van der Waals surface area (Å²) in [5.41, 5.74) is 5.06. The zero-order chi connectivity index (χ0) is 21.5. The minimum atomic E-state index is -0.476. The predicted octanol–water partition coefficient (Wildman–Crippen LogP) is 5.84. The lowest BCUT2D eigenvalue weighted by Gasteiger charge is -2.18. The number of anilines is 1. The molecule has 0 saturated heterocycles. The van der Waals surface area contributed by atoms with Crippen LogP contribution in [0.15, 0.2) is 90.3 Å². The Hall–Kier alpha value is -3.28. The number of nitrogens with one attached hydrogen (secondary N) is 2. The number of carbonyl (C=O) groups excluding carboxylic acids is 1. The van der Waals surface area contributed by atoms with Crippen LogP contribution >= 0.6 is 11.3 Å². The molecule has 5 heteroatoms. The lowest BCUT2D eigenvalue weighted by Crippen LogP contribution is -2.32. The largest absolute Gasteiger partial charge is 0.324 e. The van der Waals surface area contributed by atoms with Gasteiger partial charge >= 0.3 is 0 Å². The van der Waals surface area contributed by atoms with E-state index in [2.05, 4.69) is 41.8 Å². The number of nitrogens with zero attached hydrogens (tertiary/aromatic N) is 1. The topological polar surface area (TPSA) is 54.0 Å². The van der Waals surface area contributed by atoms with E-state index in [0.717, 1.165) is 33.9 Å². The van der Waals surface area contributed by atoms with Crippen molar-refractivity contribution in [3.05, 3.63) is 107 Å². The minimum absolute atomic E-state index is 0.0944. The molecule has 1 amide bonds. The maximum absolute atomic E-state index is 13.0. The van der Waals surface area contributed by atoms with Crippen LogP contribution in [0.4, 0.5) is 5.69 Å². The molecule has 0 radical (unpaired) electrons. The summed E-state index contributed by atoms with van der Waals surface area (Å²) in [7, 11) is 0. The van der Waals surface area contributed by atoms with E-state index in [-0.39, 0.29) is 5.91 Å². The number of benzene rings is 3. The molecule has 0 bridgehead atoms. The third kappa shape index (κ3) is 5.45. The van der Waals surface area contributed by atoms with Gasteiger partial charge in [0.15, 0.2) is 0 Å². The Morgan fingerprint density at radius 3 is 2.29 bits per heavy atom. The number of aromatic nitrogens is 1. The number of hydrogen-bond donors (Lipinski definition) is 2. The fourth-order valence-electron chi connectivity index (χ4n) is 3.35. The zero-order valence-electron chi connectivity index (χ0n) is 17.4. The van der Waals surface area contributed by atoms with Gasteiger partial charge in [0.25, 0.3) is 0 Å². The fourth-order valence-corrected chi connectivity index (χ4v) is 4.18. The molecule has 1 unspecified atom stereocenters. The molecule has 31 heavy (non-hydrogen) atoms. The van der Waals surface area contributed by atoms with Crippen molar-refractivity contribution in [2.24, 2.45) is 0 Å². The van der Waals surface area contributed by atoms with Crippen molar-refractivity contribution in [3.8, 4) is 10.6 Å². The Bertz CT molecular complexity index is 1110. The van der Waals surface area contributed by atoms with Gasteiger partial charge in [-0.3, -0.25) is 10.1 Å². The highest BCUT2D eigenvalue weighted by Gasteiger charge is 2.20. The number of carbonyl (C=O) groups is 1. The first-order valence-corrected chi connectivity index (χ1v) is 11.3. The van der Waals surface area contributed by atoms with Crippen LogP contribution in [-0.4, -0.2) is 10.9 Å². The Morgan fingerprint density at radius 2 is 1.61 bits per heavy atom. The number of aryl methyl sites for hydroxylation is 1. The standard InChI is InChI=1S/C26H25N3OS/c1-2-19-13-15-21(16-14-19)26-29-23(18-31-26)17-27-24(20-9-5-3-6-10-20)25(30)28-22-11-7-4-8-12-22/h3-16,18,24,27H,2,17H2,1H3,(H,28,30). The summed E-state index contributed by atoms with van der Waals surface area (Å²) in [5.74, 6) is -0.0944. The van der Waals surface area contributed by atoms with Crippen LogP contribution in [0.5, 0.6) is 0 Å². The van der Waals surface area contributed by atoms with Crippen LogP contribution in [0.25, 0.3) is 10.6 Å². The molecule has 0 aliphatic carbocycles. The molecular weight excluding hydrogens is 402 g/mol. The zero-order valence-corrected chi connectivity index (χ0v) is 18.2. The van der Waals surface area contributed by atoms with Crippen molar-refractivity contribution < 1.29 is 4.79 Å². The van der Waals surface area contributed by atoms with Gasteiger partial charge in [-0.15, -0.1) is 11.3 Å². The van der Waals surface area contributed by atoms with Crippen molar-refractivity contribution >= 4 is 22.9 Å². The molecule has 1 heterocycles. The fraction of sp³-hybridized carbons (Fsp3) is 0.154. The molecule has 0 aliphatic heterocycles. The summed E-state index contributed by atoms with van der Waals surface area (Å²) in [5, 5.41) is 9.43. The molecule has 0 aliphatic rings. The van der Waals surface area contributed by atoms with Gasteiger partial charge in [-0.2, -0.15) is 0 Å². The van der Waals surface area contributed by atoms with E-state index in [0.29, 0.717) is 6.54 Å². The summed E-state index contributed by atoms with van der Waals surface area (Å²) in [6, 6.07) is 27.3. The normalized spacial score (nSPS) is 11.8. The number of amides is 1. The van der Waals surface area contributed by atoms with E-state index in [1.165, 1.54) is 5.56 Å². The highest BCUT2D eigenvalue weighted by molar-refractivity contribution is 7.13. The Balaban J connectivity index is 1.47. The van der Waals surface area contributed by atoms with Gasteiger partial charge in [0, 0.05) is 23.2 Å².